The maximum absolute atomic E-state index is 12.6. The molecule has 2 aliphatic heterocycles. The first-order chi connectivity index (χ1) is 22.3. The lowest BCUT2D eigenvalue weighted by Gasteiger charge is -2.35. The minimum Gasteiger partial charge on any atom is -0.356 e. The number of fused-ring (bicyclic) bond motifs is 1. The van der Waals surface area contributed by atoms with E-state index in [9.17, 15) is 14.4 Å². The Bertz CT molecular complexity index is 1430. The average molecular weight is 638 g/mol. The van der Waals surface area contributed by atoms with E-state index in [4.69, 9.17) is 15.1 Å². The largest absolute Gasteiger partial charge is 0.356 e. The smallest absolute Gasteiger partial charge is 0.317 e. The fourth-order valence-corrected chi connectivity index (χ4v) is 5.96. The summed E-state index contributed by atoms with van der Waals surface area (Å²) in [6.07, 6.45) is 10.6. The van der Waals surface area contributed by atoms with E-state index in [1.54, 1.807) is 16.5 Å². The van der Waals surface area contributed by atoms with Gasteiger partial charge in [-0.25, -0.2) is 14.3 Å². The van der Waals surface area contributed by atoms with Gasteiger partial charge in [-0.1, -0.05) is 33.1 Å². The zero-order valence-corrected chi connectivity index (χ0v) is 28.0. The first-order valence-electron chi connectivity index (χ1n) is 16.7. The van der Waals surface area contributed by atoms with E-state index < -0.39 is 0 Å². The van der Waals surface area contributed by atoms with Crippen molar-refractivity contribution < 1.29 is 14.4 Å². The second-order valence-corrected chi connectivity index (χ2v) is 12.2. The van der Waals surface area contributed by atoms with Crippen LogP contribution in [0.3, 0.4) is 0 Å². The zero-order valence-electron chi connectivity index (χ0n) is 28.0. The topological polar surface area (TPSA) is 155 Å². The van der Waals surface area contributed by atoms with Gasteiger partial charge in [0, 0.05) is 70.5 Å². The van der Waals surface area contributed by atoms with E-state index in [1.165, 1.54) is 5.69 Å². The molecule has 4 amide bonds. The van der Waals surface area contributed by atoms with E-state index in [0.717, 1.165) is 62.9 Å². The van der Waals surface area contributed by atoms with Crippen LogP contribution in [-0.2, 0) is 22.6 Å². The summed E-state index contributed by atoms with van der Waals surface area (Å²) < 4.78 is 3.63. The molecule has 3 atom stereocenters. The van der Waals surface area contributed by atoms with Crippen molar-refractivity contribution >= 4 is 29.9 Å². The molecular formula is C32H51N11O3. The third-order valence-electron chi connectivity index (χ3n) is 9.04. The highest BCUT2D eigenvalue weighted by Crippen LogP contribution is 2.26. The maximum atomic E-state index is 12.6. The minimum absolute atomic E-state index is 0.0522. The summed E-state index contributed by atoms with van der Waals surface area (Å²) in [6.45, 7) is 12.6. The van der Waals surface area contributed by atoms with Crippen LogP contribution in [-0.4, -0.2) is 92.4 Å². The Balaban J connectivity index is 0.000000523. The van der Waals surface area contributed by atoms with Gasteiger partial charge in [0.05, 0.1) is 17.9 Å². The van der Waals surface area contributed by atoms with Crippen LogP contribution >= 0.6 is 0 Å². The number of aryl methyl sites for hydroxylation is 2. The van der Waals surface area contributed by atoms with E-state index in [1.807, 2.05) is 23.1 Å². The Hall–Kier alpha value is -4.23. The third-order valence-corrected chi connectivity index (χ3v) is 9.04. The number of anilines is 1. The Morgan fingerprint density at radius 2 is 1.96 bits per heavy atom. The Kier molecular flexibility index (Phi) is 12.7. The van der Waals surface area contributed by atoms with Crippen molar-refractivity contribution in [2.75, 3.05) is 44.7 Å². The van der Waals surface area contributed by atoms with Crippen molar-refractivity contribution in [2.45, 2.75) is 85.2 Å². The fraction of sp³-hybridized carbons (Fsp3) is 0.656. The molecule has 46 heavy (non-hydrogen) atoms. The number of rotatable bonds is 12. The molecule has 2 fully saturated rings. The molecule has 0 spiro atoms. The third kappa shape index (κ3) is 8.94. The highest BCUT2D eigenvalue weighted by Gasteiger charge is 2.29. The van der Waals surface area contributed by atoms with E-state index in [0.29, 0.717) is 56.7 Å². The van der Waals surface area contributed by atoms with Crippen LogP contribution in [0.4, 0.5) is 10.6 Å². The average Bonchev–Trinajstić information content (AvgIpc) is 3.70. The predicted molar refractivity (Wildman–Crippen MR) is 176 cm³/mol. The molecule has 3 aromatic heterocycles. The molecule has 0 saturated carbocycles. The standard InChI is InChI=1S/C26H41N9O3.C6H10N2/c1-4-18(2)7-5-9-20(29-17-36)22-16-35-25(30-22)31-23(33-11-13-34(14-12-33)26(38)27-3)21(32-35)15-19-8-6-10-28-24(19)37;1-3-8-6(2)4-5-7-8/h16-20H,4-15H2,1-3H3,(H,27,38)(H,28,37)(H,29,36);4-5H,3H2,1-2H3/t18?,19-,20?;/m1./s1. The molecule has 14 heteroatoms. The highest BCUT2D eigenvalue weighted by atomic mass is 16.2. The van der Waals surface area contributed by atoms with Crippen LogP contribution in [0.2, 0.25) is 0 Å². The summed E-state index contributed by atoms with van der Waals surface area (Å²) >= 11 is 0. The number of imidazole rings is 1. The lowest BCUT2D eigenvalue weighted by molar-refractivity contribution is -0.126. The number of amides is 4. The van der Waals surface area contributed by atoms with Crippen molar-refractivity contribution in [2.24, 2.45) is 11.8 Å². The van der Waals surface area contributed by atoms with Crippen LogP contribution in [0.1, 0.15) is 82.4 Å². The van der Waals surface area contributed by atoms with Gasteiger partial charge in [-0.15, -0.1) is 0 Å². The van der Waals surface area contributed by atoms with E-state index in [2.05, 4.69) is 53.6 Å². The van der Waals surface area contributed by atoms with Crippen molar-refractivity contribution in [1.82, 2.24) is 50.2 Å². The molecule has 2 saturated heterocycles. The van der Waals surface area contributed by atoms with Gasteiger partial charge in [0.2, 0.25) is 12.3 Å². The summed E-state index contributed by atoms with van der Waals surface area (Å²) in [6, 6.07) is 1.70. The molecular weight excluding hydrogens is 586 g/mol. The zero-order chi connectivity index (χ0) is 33.1. The second kappa shape index (κ2) is 16.9. The first-order valence-corrected chi connectivity index (χ1v) is 16.7. The van der Waals surface area contributed by atoms with Gasteiger partial charge < -0.3 is 25.8 Å². The molecule has 3 aromatic rings. The van der Waals surface area contributed by atoms with Crippen LogP contribution in [0, 0.1) is 18.8 Å². The fourth-order valence-electron chi connectivity index (χ4n) is 5.96. The molecule has 3 N–H and O–H groups in total. The number of piperidine rings is 1. The molecule has 2 aliphatic rings. The Morgan fingerprint density at radius 1 is 1.17 bits per heavy atom. The summed E-state index contributed by atoms with van der Waals surface area (Å²) in [5.41, 5.74) is 2.70. The number of carbonyl (C=O) groups is 3. The van der Waals surface area contributed by atoms with Crippen LogP contribution in [0.25, 0.3) is 5.78 Å². The molecule has 252 valence electrons. The number of piperazine rings is 1. The van der Waals surface area contributed by atoms with E-state index >= 15 is 0 Å². The van der Waals surface area contributed by atoms with Crippen molar-refractivity contribution in [1.29, 1.82) is 0 Å². The van der Waals surface area contributed by atoms with Gasteiger partial charge in [-0.3, -0.25) is 14.3 Å². The SMILES string of the molecule is CCC(C)CCCC(NC=O)c1cn2nc(C[C@H]3CCCNC3=O)c(N3CCN(C(=O)NC)CC3)nc2n1.CCn1nccc1C. The molecule has 0 aromatic carbocycles. The number of urea groups is 1. The van der Waals surface area contributed by atoms with Gasteiger partial charge in [-0.05, 0) is 45.1 Å². The normalized spacial score (nSPS) is 17.9. The summed E-state index contributed by atoms with van der Waals surface area (Å²) in [5, 5.41) is 17.5. The molecule has 14 nitrogen and oxygen atoms in total. The van der Waals surface area contributed by atoms with Gasteiger partial charge in [-0.2, -0.15) is 15.2 Å². The first kappa shape index (κ1) is 34.6. The molecule has 5 heterocycles. The quantitative estimate of drug-likeness (QED) is 0.256. The van der Waals surface area contributed by atoms with Crippen molar-refractivity contribution in [3.8, 4) is 0 Å². The molecule has 0 radical (unpaired) electrons. The lowest BCUT2D eigenvalue weighted by atomic mass is 9.93. The highest BCUT2D eigenvalue weighted by molar-refractivity contribution is 5.79. The summed E-state index contributed by atoms with van der Waals surface area (Å²) in [4.78, 5) is 49.6. The van der Waals surface area contributed by atoms with Crippen molar-refractivity contribution in [3.63, 3.8) is 0 Å². The number of nitrogens with zero attached hydrogens (tertiary/aromatic N) is 8. The lowest BCUT2D eigenvalue weighted by Crippen LogP contribution is -2.51. The van der Waals surface area contributed by atoms with Gasteiger partial charge in [0.15, 0.2) is 5.82 Å². The predicted octanol–water partition coefficient (Wildman–Crippen LogP) is 2.87. The van der Waals surface area contributed by atoms with Gasteiger partial charge in [0.1, 0.15) is 5.69 Å². The molecule has 0 bridgehead atoms. The summed E-state index contributed by atoms with van der Waals surface area (Å²) in [5.74, 6) is 1.70. The molecule has 0 aliphatic carbocycles. The number of aromatic nitrogens is 6. The molecule has 2 unspecified atom stereocenters. The van der Waals surface area contributed by atoms with Crippen LogP contribution < -0.4 is 20.9 Å². The van der Waals surface area contributed by atoms with E-state index in [-0.39, 0.29) is 23.9 Å². The molecule has 5 rings (SSSR count). The number of hydrogen-bond donors (Lipinski definition) is 3. The maximum Gasteiger partial charge on any atom is 0.317 e. The second-order valence-electron chi connectivity index (χ2n) is 12.2. The monoisotopic (exact) mass is 637 g/mol. The van der Waals surface area contributed by atoms with Gasteiger partial charge in [0.25, 0.3) is 5.78 Å². The number of nitrogens with one attached hydrogen (secondary N) is 3. The van der Waals surface area contributed by atoms with Gasteiger partial charge >= 0.3 is 6.03 Å². The number of carbonyl (C=O) groups excluding carboxylic acids is 3. The number of hydrogen-bond acceptors (Lipinski definition) is 8. The van der Waals surface area contributed by atoms with Crippen LogP contribution in [0.15, 0.2) is 18.5 Å². The van der Waals surface area contributed by atoms with Crippen LogP contribution in [0.5, 0.6) is 0 Å². The Labute approximate surface area is 271 Å². The Morgan fingerprint density at radius 3 is 2.57 bits per heavy atom. The van der Waals surface area contributed by atoms with Crippen molar-refractivity contribution in [3.05, 3.63) is 35.5 Å². The minimum atomic E-state index is -0.216. The summed E-state index contributed by atoms with van der Waals surface area (Å²) in [7, 11) is 1.63.